The zero-order valence-electron chi connectivity index (χ0n) is 34.7. The Balaban J connectivity index is 0.851. The summed E-state index contributed by atoms with van der Waals surface area (Å²) >= 11 is 6.49. The summed E-state index contributed by atoms with van der Waals surface area (Å²) in [5.41, 5.74) is 18.6. The molecule has 1 aliphatic rings. The van der Waals surface area contributed by atoms with Crippen molar-refractivity contribution >= 4 is 44.2 Å². The molecule has 0 aliphatic heterocycles. The van der Waals surface area contributed by atoms with Crippen molar-refractivity contribution < 1.29 is 0 Å². The van der Waals surface area contributed by atoms with E-state index in [0.29, 0.717) is 11.6 Å². The van der Waals surface area contributed by atoms with Crippen molar-refractivity contribution in [2.75, 3.05) is 0 Å². The summed E-state index contributed by atoms with van der Waals surface area (Å²) in [4.78, 5) is 17.6. The molecule has 0 bridgehead atoms. The number of rotatable bonds is 6. The van der Waals surface area contributed by atoms with Crippen molar-refractivity contribution in [3.63, 3.8) is 0 Å². The van der Waals surface area contributed by atoms with Gasteiger partial charge in [-0.3, -0.25) is 0 Å². The van der Waals surface area contributed by atoms with E-state index in [1.807, 2.05) is 30.3 Å². The second kappa shape index (κ2) is 14.5. The fraction of sp³-hybridized carbons (Fsp3) is 0.0517. The van der Waals surface area contributed by atoms with Gasteiger partial charge in [-0.25, -0.2) is 4.98 Å². The number of nitrogens with one attached hydrogen (secondary N) is 1. The number of para-hydroxylation sites is 1. The van der Waals surface area contributed by atoms with Gasteiger partial charge in [0.1, 0.15) is 0 Å². The maximum atomic E-state index is 6.49. The van der Waals surface area contributed by atoms with Gasteiger partial charge in [0.2, 0.25) is 5.28 Å². The van der Waals surface area contributed by atoms with Crippen LogP contribution in [0.5, 0.6) is 0 Å². The lowest BCUT2D eigenvalue weighted by atomic mass is 9.78. The first-order valence-electron chi connectivity index (χ1n) is 21.4. The minimum Gasteiger partial charge on any atom is -0.354 e. The van der Waals surface area contributed by atoms with Crippen molar-refractivity contribution in [2.24, 2.45) is 0 Å². The first kappa shape index (κ1) is 37.1. The molecule has 5 heteroatoms. The first-order valence-corrected chi connectivity index (χ1v) is 21.7. The highest BCUT2D eigenvalue weighted by Crippen LogP contribution is 2.53. The SMILES string of the molecule is CC1(C)c2cc(-c3cccc4c3[nH]c3cc5ccccc5cc34)ccc2-c2cccc(-c3cccc(-c4ccc(-c5nc(Cl)nc(-c6ccc(-c7ccccc7)cc6)n5)cc4)c3)c21. The summed E-state index contributed by atoms with van der Waals surface area (Å²) in [6.07, 6.45) is 0. The van der Waals surface area contributed by atoms with E-state index in [0.717, 1.165) is 38.9 Å². The lowest BCUT2D eigenvalue weighted by molar-refractivity contribution is 0.662. The Morgan fingerprint density at radius 1 is 0.397 bits per heavy atom. The van der Waals surface area contributed by atoms with Gasteiger partial charge in [-0.05, 0) is 108 Å². The highest BCUT2D eigenvalue weighted by Gasteiger charge is 2.38. The molecule has 0 unspecified atom stereocenters. The summed E-state index contributed by atoms with van der Waals surface area (Å²) in [7, 11) is 0. The highest BCUT2D eigenvalue weighted by molar-refractivity contribution is 6.28. The molecule has 63 heavy (non-hydrogen) atoms. The number of hydrogen-bond donors (Lipinski definition) is 1. The van der Waals surface area contributed by atoms with E-state index in [2.05, 4.69) is 193 Å². The van der Waals surface area contributed by atoms with Gasteiger partial charge in [0.25, 0.3) is 0 Å². The molecule has 12 rings (SSSR count). The number of aromatic nitrogens is 4. The van der Waals surface area contributed by atoms with Crippen LogP contribution in [0.2, 0.25) is 5.28 Å². The molecule has 9 aromatic carbocycles. The Hall–Kier alpha value is -7.66. The summed E-state index contributed by atoms with van der Waals surface area (Å²) in [6, 6.07) is 69.5. The van der Waals surface area contributed by atoms with Gasteiger partial charge in [0.15, 0.2) is 11.6 Å². The van der Waals surface area contributed by atoms with E-state index in [1.165, 1.54) is 71.6 Å². The minimum atomic E-state index is -0.227. The maximum absolute atomic E-state index is 6.49. The standard InChI is InChI=1S/C58H39ClN4/c1-58(2)51-33-44(46-18-10-20-49-50-32-41-13-6-7-14-42(41)34-52(50)60-54(46)49)29-30-47(51)48-19-9-17-45(53(48)58)43-16-8-15-40(31-43)37-23-27-39(28-24-37)56-61-55(62-57(59)63-56)38-25-21-36(22-26-38)35-11-4-3-5-12-35/h3-34,60H,1-2H3. The van der Waals surface area contributed by atoms with Crippen LogP contribution in [0.3, 0.4) is 0 Å². The van der Waals surface area contributed by atoms with Gasteiger partial charge in [-0.15, -0.1) is 0 Å². The van der Waals surface area contributed by atoms with E-state index in [4.69, 9.17) is 16.6 Å². The summed E-state index contributed by atoms with van der Waals surface area (Å²) in [5.74, 6) is 1.08. The van der Waals surface area contributed by atoms with Gasteiger partial charge >= 0.3 is 0 Å². The molecule has 2 heterocycles. The highest BCUT2D eigenvalue weighted by atomic mass is 35.5. The number of aromatic amines is 1. The Labute approximate surface area is 370 Å². The van der Waals surface area contributed by atoms with Crippen LogP contribution >= 0.6 is 11.6 Å². The molecular weight excluding hydrogens is 788 g/mol. The first-order chi connectivity index (χ1) is 30.9. The third kappa shape index (κ3) is 6.25. The van der Waals surface area contributed by atoms with Crippen molar-refractivity contribution in [3.05, 3.63) is 211 Å². The zero-order valence-corrected chi connectivity index (χ0v) is 35.5. The van der Waals surface area contributed by atoms with Crippen LogP contribution < -0.4 is 0 Å². The van der Waals surface area contributed by atoms with Crippen molar-refractivity contribution in [1.82, 2.24) is 19.9 Å². The molecule has 0 fully saturated rings. The van der Waals surface area contributed by atoms with E-state index in [1.54, 1.807) is 0 Å². The van der Waals surface area contributed by atoms with E-state index >= 15 is 0 Å². The second-order valence-electron chi connectivity index (χ2n) is 17.1. The normalized spacial score (nSPS) is 12.8. The van der Waals surface area contributed by atoms with Crippen LogP contribution in [0, 0.1) is 0 Å². The molecule has 11 aromatic rings. The monoisotopic (exact) mass is 826 g/mol. The fourth-order valence-electron chi connectivity index (χ4n) is 9.87. The largest absolute Gasteiger partial charge is 0.354 e. The molecule has 0 atom stereocenters. The van der Waals surface area contributed by atoms with Gasteiger partial charge in [0, 0.05) is 38.4 Å². The Bertz CT molecular complexity index is 3590. The Morgan fingerprint density at radius 3 is 1.68 bits per heavy atom. The number of halogens is 1. The van der Waals surface area contributed by atoms with Crippen LogP contribution in [-0.4, -0.2) is 19.9 Å². The smallest absolute Gasteiger partial charge is 0.226 e. The molecular formula is C58H39ClN4. The topological polar surface area (TPSA) is 54.5 Å². The number of hydrogen-bond acceptors (Lipinski definition) is 3. The van der Waals surface area contributed by atoms with Crippen LogP contribution in [0.4, 0.5) is 0 Å². The summed E-state index contributed by atoms with van der Waals surface area (Å²) < 4.78 is 0. The average Bonchev–Trinajstić information content (AvgIpc) is 3.81. The maximum Gasteiger partial charge on any atom is 0.226 e. The quantitative estimate of drug-likeness (QED) is 0.182. The predicted molar refractivity (Wildman–Crippen MR) is 262 cm³/mol. The third-order valence-electron chi connectivity index (χ3n) is 13.0. The van der Waals surface area contributed by atoms with E-state index in [-0.39, 0.29) is 10.7 Å². The van der Waals surface area contributed by atoms with Crippen molar-refractivity contribution in [1.29, 1.82) is 0 Å². The van der Waals surface area contributed by atoms with E-state index in [9.17, 15) is 0 Å². The summed E-state index contributed by atoms with van der Waals surface area (Å²) in [5, 5.41) is 5.16. The molecule has 0 spiro atoms. The van der Waals surface area contributed by atoms with Crippen LogP contribution in [0.15, 0.2) is 194 Å². The van der Waals surface area contributed by atoms with Crippen LogP contribution in [0.25, 0.3) is 111 Å². The Kier molecular flexibility index (Phi) is 8.53. The third-order valence-corrected chi connectivity index (χ3v) is 13.2. The summed E-state index contributed by atoms with van der Waals surface area (Å²) in [6.45, 7) is 4.75. The lowest BCUT2D eigenvalue weighted by Gasteiger charge is -2.25. The predicted octanol–water partition coefficient (Wildman–Crippen LogP) is 15.6. The molecule has 298 valence electrons. The number of nitrogens with zero attached hydrogens (tertiary/aromatic N) is 3. The van der Waals surface area contributed by atoms with Crippen molar-refractivity contribution in [3.8, 4) is 78.4 Å². The molecule has 0 saturated carbocycles. The van der Waals surface area contributed by atoms with Crippen molar-refractivity contribution in [2.45, 2.75) is 19.3 Å². The molecule has 4 nitrogen and oxygen atoms in total. The fourth-order valence-corrected chi connectivity index (χ4v) is 10.0. The molecule has 0 radical (unpaired) electrons. The zero-order chi connectivity index (χ0) is 42.2. The second-order valence-corrected chi connectivity index (χ2v) is 17.4. The van der Waals surface area contributed by atoms with E-state index < -0.39 is 0 Å². The number of fused-ring (bicyclic) bond motifs is 7. The van der Waals surface area contributed by atoms with Gasteiger partial charge in [-0.2, -0.15) is 9.97 Å². The van der Waals surface area contributed by atoms with Crippen LogP contribution in [-0.2, 0) is 5.41 Å². The Morgan fingerprint density at radius 2 is 0.937 bits per heavy atom. The van der Waals surface area contributed by atoms with Crippen LogP contribution in [0.1, 0.15) is 25.0 Å². The molecule has 0 saturated heterocycles. The molecule has 1 aliphatic carbocycles. The minimum absolute atomic E-state index is 0.163. The van der Waals surface area contributed by atoms with Gasteiger partial charge in [-0.1, -0.05) is 184 Å². The molecule has 1 N–H and O–H groups in total. The molecule has 0 amide bonds. The number of H-pyrrole nitrogens is 1. The van der Waals surface area contributed by atoms with Gasteiger partial charge < -0.3 is 4.98 Å². The number of benzene rings is 9. The average molecular weight is 827 g/mol. The molecule has 2 aromatic heterocycles. The lowest BCUT2D eigenvalue weighted by Crippen LogP contribution is -2.16. The van der Waals surface area contributed by atoms with Gasteiger partial charge in [0.05, 0.1) is 5.52 Å².